The summed E-state index contributed by atoms with van der Waals surface area (Å²) in [5.74, 6) is -1.78. The molecule has 1 heterocycles. The minimum Gasteiger partial charge on any atom is -0.479 e. The molecule has 1 N–H and O–H groups in total. The van der Waals surface area contributed by atoms with Gasteiger partial charge in [-0.2, -0.15) is 0 Å². The molecule has 0 aliphatic carbocycles. The van der Waals surface area contributed by atoms with Crippen LogP contribution in [0.15, 0.2) is 78.4 Å². The lowest BCUT2D eigenvalue weighted by molar-refractivity contribution is -0.144. The zero-order valence-electron chi connectivity index (χ0n) is 20.0. The first-order valence-corrected chi connectivity index (χ1v) is 11.6. The van der Waals surface area contributed by atoms with E-state index >= 15 is 0 Å². The summed E-state index contributed by atoms with van der Waals surface area (Å²) in [6.07, 6.45) is 0.489. The number of ether oxygens (including phenoxy) is 1. The molecule has 1 saturated heterocycles. The summed E-state index contributed by atoms with van der Waals surface area (Å²) in [6, 6.07) is 21.0. The normalized spacial score (nSPS) is 15.9. The summed E-state index contributed by atoms with van der Waals surface area (Å²) in [4.78, 5) is 41.0. The van der Waals surface area contributed by atoms with Crippen LogP contribution in [-0.2, 0) is 14.4 Å². The number of para-hydroxylation sites is 1. The standard InChI is InChI=1S/C28H24N2O5S/c1-17-9-12-22(15-18(17)2)30-26(32)24(25(31)29(28(30)36)21-7-5-4-6-8-21)16-20-10-13-23(14-11-20)35-19(3)27(33)34/h4-16,19H,1-3H3,(H,33,34)/b24-16-/t19-/m1/s1. The number of hydrogen-bond acceptors (Lipinski definition) is 5. The van der Waals surface area contributed by atoms with E-state index in [0.29, 0.717) is 22.7 Å². The van der Waals surface area contributed by atoms with E-state index in [1.165, 1.54) is 22.8 Å². The maximum atomic E-state index is 13.6. The van der Waals surface area contributed by atoms with Gasteiger partial charge in [0.05, 0.1) is 11.4 Å². The van der Waals surface area contributed by atoms with Crippen LogP contribution in [0.3, 0.4) is 0 Å². The zero-order chi connectivity index (χ0) is 26.0. The van der Waals surface area contributed by atoms with Crippen molar-refractivity contribution >= 4 is 52.6 Å². The van der Waals surface area contributed by atoms with Crippen LogP contribution in [0.5, 0.6) is 5.75 Å². The van der Waals surface area contributed by atoms with Gasteiger partial charge in [0.2, 0.25) is 0 Å². The largest absolute Gasteiger partial charge is 0.479 e. The smallest absolute Gasteiger partial charge is 0.344 e. The van der Waals surface area contributed by atoms with E-state index in [1.54, 1.807) is 54.6 Å². The van der Waals surface area contributed by atoms with Crippen molar-refractivity contribution in [3.63, 3.8) is 0 Å². The highest BCUT2D eigenvalue weighted by atomic mass is 32.1. The molecule has 0 bridgehead atoms. The van der Waals surface area contributed by atoms with Crippen molar-refractivity contribution in [3.8, 4) is 5.75 Å². The van der Waals surface area contributed by atoms with Crippen LogP contribution < -0.4 is 14.5 Å². The van der Waals surface area contributed by atoms with E-state index in [1.807, 2.05) is 32.0 Å². The number of thiocarbonyl (C=S) groups is 1. The Balaban J connectivity index is 1.76. The van der Waals surface area contributed by atoms with Gasteiger partial charge in [-0.25, -0.2) is 4.79 Å². The Bertz CT molecular complexity index is 1380. The van der Waals surface area contributed by atoms with Gasteiger partial charge in [-0.1, -0.05) is 36.4 Å². The molecule has 0 aromatic heterocycles. The molecule has 2 amide bonds. The van der Waals surface area contributed by atoms with E-state index in [0.717, 1.165) is 11.1 Å². The van der Waals surface area contributed by atoms with Crippen molar-refractivity contribution in [1.82, 2.24) is 0 Å². The Hall–Kier alpha value is -4.30. The van der Waals surface area contributed by atoms with Crippen LogP contribution in [0.4, 0.5) is 11.4 Å². The predicted octanol–water partition coefficient (Wildman–Crippen LogP) is 4.90. The minimum absolute atomic E-state index is 0.0572. The van der Waals surface area contributed by atoms with E-state index in [-0.39, 0.29) is 10.7 Å². The number of benzene rings is 3. The Morgan fingerprint density at radius 3 is 2.08 bits per heavy atom. The molecule has 4 rings (SSSR count). The Morgan fingerprint density at radius 2 is 1.50 bits per heavy atom. The third kappa shape index (κ3) is 4.89. The average molecular weight is 501 g/mol. The first kappa shape index (κ1) is 24.8. The molecular weight excluding hydrogens is 476 g/mol. The Kier molecular flexibility index (Phi) is 6.98. The summed E-state index contributed by atoms with van der Waals surface area (Å²) in [7, 11) is 0. The summed E-state index contributed by atoms with van der Waals surface area (Å²) in [6.45, 7) is 5.35. The van der Waals surface area contributed by atoms with Crippen LogP contribution in [0, 0.1) is 13.8 Å². The van der Waals surface area contributed by atoms with Gasteiger partial charge in [0.1, 0.15) is 11.3 Å². The summed E-state index contributed by atoms with van der Waals surface area (Å²) < 4.78 is 5.36. The zero-order valence-corrected chi connectivity index (χ0v) is 20.8. The molecule has 0 radical (unpaired) electrons. The molecule has 1 aliphatic rings. The monoisotopic (exact) mass is 500 g/mol. The highest BCUT2D eigenvalue weighted by Crippen LogP contribution is 2.31. The molecule has 0 saturated carbocycles. The van der Waals surface area contributed by atoms with E-state index in [4.69, 9.17) is 22.1 Å². The fourth-order valence-electron chi connectivity index (χ4n) is 3.69. The van der Waals surface area contributed by atoms with Gasteiger partial charge >= 0.3 is 5.97 Å². The highest BCUT2D eigenvalue weighted by molar-refractivity contribution is 7.81. The molecule has 0 spiro atoms. The fourth-order valence-corrected chi connectivity index (χ4v) is 4.07. The molecule has 1 aliphatic heterocycles. The number of carboxylic acid groups (broad SMARTS) is 1. The number of carbonyl (C=O) groups is 3. The number of aryl methyl sites for hydroxylation is 2. The van der Waals surface area contributed by atoms with Crippen molar-refractivity contribution in [1.29, 1.82) is 0 Å². The molecule has 3 aromatic rings. The van der Waals surface area contributed by atoms with Crippen LogP contribution in [-0.4, -0.2) is 34.1 Å². The van der Waals surface area contributed by atoms with Gasteiger partial charge < -0.3 is 9.84 Å². The first-order chi connectivity index (χ1) is 17.2. The third-order valence-electron chi connectivity index (χ3n) is 5.86. The van der Waals surface area contributed by atoms with Gasteiger partial charge in [0.15, 0.2) is 11.2 Å². The van der Waals surface area contributed by atoms with Crippen molar-refractivity contribution in [2.24, 2.45) is 0 Å². The van der Waals surface area contributed by atoms with Crippen molar-refractivity contribution in [3.05, 3.63) is 95.1 Å². The number of carboxylic acids is 1. The second-order valence-electron chi connectivity index (χ2n) is 8.39. The van der Waals surface area contributed by atoms with Gasteiger partial charge in [-0.05, 0) is 92.2 Å². The topological polar surface area (TPSA) is 87.1 Å². The van der Waals surface area contributed by atoms with Crippen LogP contribution >= 0.6 is 12.2 Å². The molecule has 8 heteroatoms. The quantitative estimate of drug-likeness (QED) is 0.294. The molecule has 3 aromatic carbocycles. The lowest BCUT2D eigenvalue weighted by Crippen LogP contribution is -2.57. The van der Waals surface area contributed by atoms with Crippen molar-refractivity contribution in [2.75, 3.05) is 9.80 Å². The average Bonchev–Trinajstić information content (AvgIpc) is 2.85. The lowest BCUT2D eigenvalue weighted by Gasteiger charge is -2.36. The number of rotatable bonds is 6. The van der Waals surface area contributed by atoms with Crippen molar-refractivity contribution < 1.29 is 24.2 Å². The van der Waals surface area contributed by atoms with Gasteiger partial charge in [0.25, 0.3) is 11.8 Å². The maximum absolute atomic E-state index is 13.6. The number of hydrogen-bond donors (Lipinski definition) is 1. The number of amides is 2. The SMILES string of the molecule is Cc1ccc(N2C(=O)/C(=C\c3ccc(O[C@H](C)C(=O)O)cc3)C(=O)N(c3ccccc3)C2=S)cc1C. The molecule has 0 unspecified atom stereocenters. The van der Waals surface area contributed by atoms with Crippen LogP contribution in [0.25, 0.3) is 6.08 Å². The lowest BCUT2D eigenvalue weighted by atomic mass is 10.0. The number of nitrogens with zero attached hydrogens (tertiary/aromatic N) is 2. The number of aliphatic carboxylic acids is 1. The van der Waals surface area contributed by atoms with Crippen LogP contribution in [0.2, 0.25) is 0 Å². The first-order valence-electron chi connectivity index (χ1n) is 11.2. The Labute approximate surface area is 214 Å². The van der Waals surface area contributed by atoms with Gasteiger partial charge in [-0.15, -0.1) is 0 Å². The van der Waals surface area contributed by atoms with E-state index < -0.39 is 23.9 Å². The summed E-state index contributed by atoms with van der Waals surface area (Å²) >= 11 is 5.66. The minimum atomic E-state index is -1.08. The molecular formula is C28H24N2O5S. The van der Waals surface area contributed by atoms with E-state index in [9.17, 15) is 14.4 Å². The molecule has 182 valence electrons. The Morgan fingerprint density at radius 1 is 0.889 bits per heavy atom. The molecule has 36 heavy (non-hydrogen) atoms. The maximum Gasteiger partial charge on any atom is 0.344 e. The fraction of sp³-hybridized carbons (Fsp3) is 0.143. The van der Waals surface area contributed by atoms with Gasteiger partial charge in [0, 0.05) is 0 Å². The molecule has 1 fully saturated rings. The van der Waals surface area contributed by atoms with Crippen molar-refractivity contribution in [2.45, 2.75) is 26.9 Å². The predicted molar refractivity (Wildman–Crippen MR) is 142 cm³/mol. The van der Waals surface area contributed by atoms with E-state index in [2.05, 4.69) is 0 Å². The second kappa shape index (κ2) is 10.1. The molecule has 1 atom stereocenters. The second-order valence-corrected chi connectivity index (χ2v) is 8.76. The number of anilines is 2. The highest BCUT2D eigenvalue weighted by Gasteiger charge is 2.41. The summed E-state index contributed by atoms with van der Waals surface area (Å²) in [5.41, 5.74) is 3.69. The van der Waals surface area contributed by atoms with Crippen LogP contribution in [0.1, 0.15) is 23.6 Å². The third-order valence-corrected chi connectivity index (χ3v) is 6.23. The van der Waals surface area contributed by atoms with Gasteiger partial charge in [-0.3, -0.25) is 19.4 Å². The molecule has 7 nitrogen and oxygen atoms in total. The number of carbonyl (C=O) groups excluding carboxylic acids is 2. The summed E-state index contributed by atoms with van der Waals surface area (Å²) in [5, 5.41) is 9.11.